The zero-order valence-electron chi connectivity index (χ0n) is 16.8. The lowest BCUT2D eigenvalue weighted by Crippen LogP contribution is -2.42. The first kappa shape index (κ1) is 21.3. The largest absolute Gasteiger partial charge is 0.493 e. The maximum absolute atomic E-state index is 13.6. The van der Waals surface area contributed by atoms with E-state index in [4.69, 9.17) is 14.2 Å². The molecule has 0 aliphatic rings. The molecular weight excluding hydrogens is 361 g/mol. The second kappa shape index (κ2) is 11.0. The van der Waals surface area contributed by atoms with Crippen molar-refractivity contribution in [3.63, 3.8) is 0 Å². The number of nitrogens with zero attached hydrogens (tertiary/aromatic N) is 1. The van der Waals surface area contributed by atoms with Crippen LogP contribution in [0.15, 0.2) is 47.5 Å². The van der Waals surface area contributed by atoms with Gasteiger partial charge in [-0.15, -0.1) is 0 Å². The van der Waals surface area contributed by atoms with E-state index in [1.165, 1.54) is 6.07 Å². The van der Waals surface area contributed by atoms with Gasteiger partial charge in [0.05, 0.1) is 20.8 Å². The molecule has 2 N–H and O–H groups in total. The number of aliphatic imine (C=N–C) groups is 1. The summed E-state index contributed by atoms with van der Waals surface area (Å²) in [7, 11) is 4.94. The Labute approximate surface area is 165 Å². The molecule has 0 radical (unpaired) electrons. The van der Waals surface area contributed by atoms with E-state index in [1.54, 1.807) is 39.5 Å². The number of benzene rings is 2. The van der Waals surface area contributed by atoms with Gasteiger partial charge in [0.1, 0.15) is 6.10 Å². The van der Waals surface area contributed by atoms with Crippen molar-refractivity contribution in [3.05, 3.63) is 53.8 Å². The Morgan fingerprint density at radius 1 is 1.04 bits per heavy atom. The van der Waals surface area contributed by atoms with Gasteiger partial charge in [-0.25, -0.2) is 4.39 Å². The Hall–Kier alpha value is -2.96. The van der Waals surface area contributed by atoms with Crippen LogP contribution in [0.1, 0.15) is 12.5 Å². The monoisotopic (exact) mass is 389 g/mol. The SMILES string of the molecule is CN=C(NCCc1ccc(OC)c(OC)c1)NCC(C)Oc1ccccc1F. The summed E-state index contributed by atoms with van der Waals surface area (Å²) in [5.41, 5.74) is 1.12. The normalized spacial score (nSPS) is 12.2. The van der Waals surface area contributed by atoms with Crippen molar-refractivity contribution in [1.82, 2.24) is 10.6 Å². The summed E-state index contributed by atoms with van der Waals surface area (Å²) in [6.45, 7) is 3.05. The highest BCUT2D eigenvalue weighted by Crippen LogP contribution is 2.27. The van der Waals surface area contributed by atoms with Crippen molar-refractivity contribution in [2.75, 3.05) is 34.4 Å². The third-order valence-corrected chi connectivity index (χ3v) is 4.10. The zero-order chi connectivity index (χ0) is 20.4. The molecule has 0 aliphatic carbocycles. The number of guanidine groups is 1. The lowest BCUT2D eigenvalue weighted by Gasteiger charge is -2.18. The second-order valence-electron chi connectivity index (χ2n) is 6.18. The van der Waals surface area contributed by atoms with Gasteiger partial charge in [-0.3, -0.25) is 4.99 Å². The van der Waals surface area contributed by atoms with Gasteiger partial charge in [-0.2, -0.15) is 0 Å². The van der Waals surface area contributed by atoms with Crippen LogP contribution in [0.25, 0.3) is 0 Å². The number of hydrogen-bond donors (Lipinski definition) is 2. The Bertz CT molecular complexity index is 783. The first-order valence-electron chi connectivity index (χ1n) is 9.14. The van der Waals surface area contributed by atoms with Gasteiger partial charge in [0.15, 0.2) is 29.0 Å². The van der Waals surface area contributed by atoms with Crippen LogP contribution in [0.5, 0.6) is 17.2 Å². The number of rotatable bonds is 9. The second-order valence-corrected chi connectivity index (χ2v) is 6.18. The number of methoxy groups -OCH3 is 2. The third-order valence-electron chi connectivity index (χ3n) is 4.10. The van der Waals surface area contributed by atoms with Crippen molar-refractivity contribution in [2.45, 2.75) is 19.4 Å². The molecule has 6 nitrogen and oxygen atoms in total. The fraction of sp³-hybridized carbons (Fsp3) is 0.381. The van der Waals surface area contributed by atoms with Crippen LogP contribution in [0.2, 0.25) is 0 Å². The first-order chi connectivity index (χ1) is 13.6. The van der Waals surface area contributed by atoms with Crippen molar-refractivity contribution in [2.24, 2.45) is 4.99 Å². The highest BCUT2D eigenvalue weighted by molar-refractivity contribution is 5.79. The molecule has 2 aromatic carbocycles. The molecular formula is C21H28FN3O3. The molecule has 0 aliphatic heterocycles. The minimum Gasteiger partial charge on any atom is -0.493 e. The standard InChI is InChI=1S/C21H28FN3O3/c1-15(28-18-8-6-5-7-17(18)22)14-25-21(23-2)24-12-11-16-9-10-19(26-3)20(13-16)27-4/h5-10,13,15H,11-12,14H2,1-4H3,(H2,23,24,25). The van der Waals surface area contributed by atoms with Gasteiger partial charge in [-0.1, -0.05) is 18.2 Å². The van der Waals surface area contributed by atoms with Crippen molar-refractivity contribution in [1.29, 1.82) is 0 Å². The summed E-state index contributed by atoms with van der Waals surface area (Å²) in [6, 6.07) is 12.2. The van der Waals surface area contributed by atoms with Gasteiger partial charge >= 0.3 is 0 Å². The van der Waals surface area contributed by atoms with Crippen LogP contribution in [-0.2, 0) is 6.42 Å². The van der Waals surface area contributed by atoms with Crippen molar-refractivity contribution in [3.8, 4) is 17.2 Å². The van der Waals surface area contributed by atoms with E-state index >= 15 is 0 Å². The van der Waals surface area contributed by atoms with E-state index in [1.807, 2.05) is 25.1 Å². The van der Waals surface area contributed by atoms with E-state index < -0.39 is 0 Å². The number of halogens is 1. The minimum atomic E-state index is -0.369. The predicted molar refractivity (Wildman–Crippen MR) is 109 cm³/mol. The van der Waals surface area contributed by atoms with Gasteiger partial charge in [0, 0.05) is 13.6 Å². The average molecular weight is 389 g/mol. The highest BCUT2D eigenvalue weighted by atomic mass is 19.1. The molecule has 1 atom stereocenters. The number of ether oxygens (including phenoxy) is 3. The topological polar surface area (TPSA) is 64.1 Å². The maximum atomic E-state index is 13.6. The fourth-order valence-corrected chi connectivity index (χ4v) is 2.62. The summed E-state index contributed by atoms with van der Waals surface area (Å²) in [6.07, 6.45) is 0.573. The number of para-hydroxylation sites is 1. The Morgan fingerprint density at radius 3 is 2.46 bits per heavy atom. The Kier molecular flexibility index (Phi) is 8.39. The fourth-order valence-electron chi connectivity index (χ4n) is 2.62. The molecule has 7 heteroatoms. The number of nitrogens with one attached hydrogen (secondary N) is 2. The summed E-state index contributed by atoms with van der Waals surface area (Å²) in [5.74, 6) is 1.95. The van der Waals surface area contributed by atoms with Gasteiger partial charge in [-0.05, 0) is 43.2 Å². The highest BCUT2D eigenvalue weighted by Gasteiger charge is 2.09. The summed E-state index contributed by atoms with van der Waals surface area (Å²) in [4.78, 5) is 4.20. The average Bonchev–Trinajstić information content (AvgIpc) is 2.72. The van der Waals surface area contributed by atoms with E-state index in [0.29, 0.717) is 30.5 Å². The molecule has 152 valence electrons. The predicted octanol–water partition coefficient (Wildman–Crippen LogP) is 3.02. The van der Waals surface area contributed by atoms with Gasteiger partial charge in [0.2, 0.25) is 0 Å². The van der Waals surface area contributed by atoms with Crippen LogP contribution in [0.4, 0.5) is 4.39 Å². The third kappa shape index (κ3) is 6.33. The Balaban J connectivity index is 1.77. The molecule has 0 fully saturated rings. The van der Waals surface area contributed by atoms with E-state index in [2.05, 4.69) is 15.6 Å². The molecule has 0 amide bonds. The van der Waals surface area contributed by atoms with Crippen LogP contribution >= 0.6 is 0 Å². The quantitative estimate of drug-likeness (QED) is 0.510. The molecule has 0 heterocycles. The van der Waals surface area contributed by atoms with Gasteiger partial charge in [0.25, 0.3) is 0 Å². The molecule has 0 aromatic heterocycles. The molecule has 28 heavy (non-hydrogen) atoms. The van der Waals surface area contributed by atoms with E-state index in [9.17, 15) is 4.39 Å². The molecule has 0 spiro atoms. The lowest BCUT2D eigenvalue weighted by atomic mass is 10.1. The molecule has 0 saturated heterocycles. The van der Waals surface area contributed by atoms with E-state index in [-0.39, 0.29) is 17.7 Å². The van der Waals surface area contributed by atoms with Crippen LogP contribution < -0.4 is 24.8 Å². The smallest absolute Gasteiger partial charge is 0.191 e. The molecule has 0 saturated carbocycles. The van der Waals surface area contributed by atoms with Crippen LogP contribution in [0.3, 0.4) is 0 Å². The minimum absolute atomic E-state index is 0.221. The summed E-state index contributed by atoms with van der Waals surface area (Å²) < 4.78 is 29.8. The molecule has 0 bridgehead atoms. The van der Waals surface area contributed by atoms with Crippen LogP contribution in [0, 0.1) is 5.82 Å². The molecule has 2 rings (SSSR count). The van der Waals surface area contributed by atoms with E-state index in [0.717, 1.165) is 12.0 Å². The van der Waals surface area contributed by atoms with Crippen LogP contribution in [-0.4, -0.2) is 46.4 Å². The molecule has 1 unspecified atom stereocenters. The van der Waals surface area contributed by atoms with Gasteiger partial charge < -0.3 is 24.8 Å². The zero-order valence-corrected chi connectivity index (χ0v) is 16.8. The summed E-state index contributed by atoms with van der Waals surface area (Å²) >= 11 is 0. The summed E-state index contributed by atoms with van der Waals surface area (Å²) in [5, 5.41) is 6.43. The Morgan fingerprint density at radius 2 is 1.79 bits per heavy atom. The molecule has 2 aromatic rings. The first-order valence-corrected chi connectivity index (χ1v) is 9.14. The van der Waals surface area contributed by atoms with Crippen molar-refractivity contribution < 1.29 is 18.6 Å². The lowest BCUT2D eigenvalue weighted by molar-refractivity contribution is 0.214. The number of hydrogen-bond acceptors (Lipinski definition) is 4. The maximum Gasteiger partial charge on any atom is 0.191 e. The van der Waals surface area contributed by atoms with Crippen molar-refractivity contribution >= 4 is 5.96 Å².